The minimum absolute atomic E-state index is 0.0270. The largest absolute Gasteiger partial charge is 0.326 e. The first kappa shape index (κ1) is 12.6. The van der Waals surface area contributed by atoms with Crippen molar-refractivity contribution in [2.45, 2.75) is 31.7 Å². The molecular weight excluding hydrogens is 226 g/mol. The van der Waals surface area contributed by atoms with E-state index in [1.54, 1.807) is 24.3 Å². The van der Waals surface area contributed by atoms with E-state index in [0.29, 0.717) is 18.0 Å². The molecule has 0 bridgehead atoms. The summed E-state index contributed by atoms with van der Waals surface area (Å²) in [5.41, 5.74) is 1.34. The lowest BCUT2D eigenvalue weighted by Crippen LogP contribution is -2.36. The van der Waals surface area contributed by atoms with Crippen LogP contribution in [0.3, 0.4) is 0 Å². The van der Waals surface area contributed by atoms with E-state index in [2.05, 4.69) is 16.7 Å². The smallest absolute Gasteiger partial charge is 0.225 e. The second-order valence-electron chi connectivity index (χ2n) is 4.59. The third-order valence-electron chi connectivity index (χ3n) is 3.14. The highest BCUT2D eigenvalue weighted by molar-refractivity contribution is 5.91. The number of carbonyl (C=O) groups excluding carboxylic acids is 1. The number of hydrogen-bond donors (Lipinski definition) is 2. The Morgan fingerprint density at radius 3 is 2.78 bits per heavy atom. The first-order chi connectivity index (χ1) is 8.78. The van der Waals surface area contributed by atoms with Crippen molar-refractivity contribution in [2.24, 2.45) is 0 Å². The molecule has 4 heteroatoms. The van der Waals surface area contributed by atoms with Crippen molar-refractivity contribution in [3.05, 3.63) is 29.8 Å². The minimum Gasteiger partial charge on any atom is -0.326 e. The fourth-order valence-electron chi connectivity index (χ4n) is 2.16. The molecule has 1 aromatic carbocycles. The third-order valence-corrected chi connectivity index (χ3v) is 3.14. The number of nitrogens with zero attached hydrogens (tertiary/aromatic N) is 1. The summed E-state index contributed by atoms with van der Waals surface area (Å²) in [5, 5.41) is 14.9. The molecule has 1 fully saturated rings. The lowest BCUT2D eigenvalue weighted by Gasteiger charge is -2.22. The summed E-state index contributed by atoms with van der Waals surface area (Å²) in [5.74, 6) is 0.0270. The first-order valence-electron chi connectivity index (χ1n) is 6.31. The van der Waals surface area contributed by atoms with Crippen molar-refractivity contribution >= 4 is 11.6 Å². The van der Waals surface area contributed by atoms with Gasteiger partial charge in [-0.25, -0.2) is 0 Å². The Labute approximate surface area is 107 Å². The van der Waals surface area contributed by atoms with E-state index in [1.807, 2.05) is 0 Å². The van der Waals surface area contributed by atoms with Crippen LogP contribution in [0, 0.1) is 11.3 Å². The Morgan fingerprint density at radius 2 is 2.17 bits per heavy atom. The number of benzene rings is 1. The number of hydrogen-bond acceptors (Lipinski definition) is 3. The van der Waals surface area contributed by atoms with Crippen LogP contribution in [-0.2, 0) is 4.79 Å². The van der Waals surface area contributed by atoms with Crippen LogP contribution in [0.15, 0.2) is 24.3 Å². The van der Waals surface area contributed by atoms with Gasteiger partial charge in [-0.15, -0.1) is 0 Å². The number of anilines is 1. The van der Waals surface area contributed by atoms with Crippen molar-refractivity contribution in [3.63, 3.8) is 0 Å². The van der Waals surface area contributed by atoms with Crippen LogP contribution < -0.4 is 10.6 Å². The molecule has 0 aromatic heterocycles. The van der Waals surface area contributed by atoms with Crippen molar-refractivity contribution in [3.8, 4) is 6.07 Å². The highest BCUT2D eigenvalue weighted by atomic mass is 16.1. The van der Waals surface area contributed by atoms with Crippen molar-refractivity contribution in [1.82, 2.24) is 5.32 Å². The van der Waals surface area contributed by atoms with Gasteiger partial charge in [0.15, 0.2) is 0 Å². The molecule has 2 rings (SSSR count). The Morgan fingerprint density at radius 1 is 1.39 bits per heavy atom. The van der Waals surface area contributed by atoms with Gasteiger partial charge in [-0.05, 0) is 43.7 Å². The molecule has 0 aliphatic carbocycles. The number of amides is 1. The minimum atomic E-state index is 0.0270. The summed E-state index contributed by atoms with van der Waals surface area (Å²) in [4.78, 5) is 11.8. The fraction of sp³-hybridized carbons (Fsp3) is 0.429. The molecule has 18 heavy (non-hydrogen) atoms. The van der Waals surface area contributed by atoms with E-state index in [9.17, 15) is 4.79 Å². The fourth-order valence-corrected chi connectivity index (χ4v) is 2.16. The lowest BCUT2D eigenvalue weighted by atomic mass is 10.0. The molecule has 1 saturated heterocycles. The highest BCUT2D eigenvalue weighted by Gasteiger charge is 2.16. The quantitative estimate of drug-likeness (QED) is 0.853. The number of nitriles is 1. The zero-order chi connectivity index (χ0) is 12.8. The van der Waals surface area contributed by atoms with Gasteiger partial charge < -0.3 is 10.6 Å². The first-order valence-corrected chi connectivity index (χ1v) is 6.31. The molecule has 1 aliphatic heterocycles. The summed E-state index contributed by atoms with van der Waals surface area (Å²) < 4.78 is 0. The van der Waals surface area contributed by atoms with Gasteiger partial charge >= 0.3 is 0 Å². The summed E-state index contributed by atoms with van der Waals surface area (Å²) in [6.45, 7) is 1.01. The standard InChI is InChI=1S/C14H17N3O/c15-10-11-4-6-12(7-5-11)17-14(18)9-13-3-1-2-8-16-13/h4-7,13,16H,1-3,8-9H2,(H,17,18). The van der Waals surface area contributed by atoms with Crippen LogP contribution in [0.2, 0.25) is 0 Å². The van der Waals surface area contributed by atoms with E-state index in [1.165, 1.54) is 12.8 Å². The van der Waals surface area contributed by atoms with Gasteiger partial charge in [0.2, 0.25) is 5.91 Å². The van der Waals surface area contributed by atoms with Crippen molar-refractivity contribution in [2.75, 3.05) is 11.9 Å². The van der Waals surface area contributed by atoms with Gasteiger partial charge in [-0.1, -0.05) is 6.42 Å². The Hall–Kier alpha value is -1.86. The topological polar surface area (TPSA) is 64.9 Å². The molecule has 0 spiro atoms. The third kappa shape index (κ3) is 3.57. The Kier molecular flexibility index (Phi) is 4.32. The monoisotopic (exact) mass is 243 g/mol. The highest BCUT2D eigenvalue weighted by Crippen LogP contribution is 2.13. The molecule has 1 aromatic rings. The lowest BCUT2D eigenvalue weighted by molar-refractivity contribution is -0.116. The van der Waals surface area contributed by atoms with E-state index >= 15 is 0 Å². The maximum Gasteiger partial charge on any atom is 0.225 e. The summed E-state index contributed by atoms with van der Waals surface area (Å²) in [6, 6.07) is 9.27. The van der Waals surface area contributed by atoms with Crippen molar-refractivity contribution < 1.29 is 4.79 Å². The molecule has 1 atom stereocenters. The summed E-state index contributed by atoms with van der Waals surface area (Å²) in [7, 11) is 0. The van der Waals surface area contributed by atoms with Gasteiger partial charge in [0.1, 0.15) is 0 Å². The van der Waals surface area contributed by atoms with Gasteiger partial charge in [0.05, 0.1) is 11.6 Å². The predicted octanol–water partition coefficient (Wildman–Crippen LogP) is 2.03. The molecule has 1 heterocycles. The zero-order valence-corrected chi connectivity index (χ0v) is 10.3. The molecule has 2 N–H and O–H groups in total. The molecule has 0 radical (unpaired) electrons. The zero-order valence-electron chi connectivity index (χ0n) is 10.3. The van der Waals surface area contributed by atoms with Crippen LogP contribution in [-0.4, -0.2) is 18.5 Å². The molecule has 4 nitrogen and oxygen atoms in total. The van der Waals surface area contributed by atoms with Crippen LogP contribution in [0.1, 0.15) is 31.2 Å². The average Bonchev–Trinajstić information content (AvgIpc) is 2.40. The van der Waals surface area contributed by atoms with Gasteiger partial charge in [-0.3, -0.25) is 4.79 Å². The number of piperidine rings is 1. The van der Waals surface area contributed by atoms with Crippen LogP contribution in [0.4, 0.5) is 5.69 Å². The van der Waals surface area contributed by atoms with E-state index in [0.717, 1.165) is 18.7 Å². The van der Waals surface area contributed by atoms with Crippen LogP contribution >= 0.6 is 0 Å². The van der Waals surface area contributed by atoms with Gasteiger partial charge in [0, 0.05) is 18.2 Å². The summed E-state index contributed by atoms with van der Waals surface area (Å²) >= 11 is 0. The molecule has 1 unspecified atom stereocenters. The normalized spacial score (nSPS) is 18.9. The van der Waals surface area contributed by atoms with E-state index in [-0.39, 0.29) is 5.91 Å². The second-order valence-corrected chi connectivity index (χ2v) is 4.59. The Balaban J connectivity index is 1.84. The van der Waals surface area contributed by atoms with Crippen LogP contribution in [0.5, 0.6) is 0 Å². The molecule has 0 saturated carbocycles. The SMILES string of the molecule is N#Cc1ccc(NC(=O)CC2CCCCN2)cc1. The average molecular weight is 243 g/mol. The Bertz CT molecular complexity index is 441. The van der Waals surface area contributed by atoms with E-state index < -0.39 is 0 Å². The predicted molar refractivity (Wildman–Crippen MR) is 70.0 cm³/mol. The number of carbonyl (C=O) groups is 1. The van der Waals surface area contributed by atoms with Crippen molar-refractivity contribution in [1.29, 1.82) is 5.26 Å². The summed E-state index contributed by atoms with van der Waals surface area (Å²) in [6.07, 6.45) is 3.98. The maximum atomic E-state index is 11.8. The van der Waals surface area contributed by atoms with E-state index in [4.69, 9.17) is 5.26 Å². The maximum absolute atomic E-state index is 11.8. The molecular formula is C14H17N3O. The van der Waals surface area contributed by atoms with Crippen LogP contribution in [0.25, 0.3) is 0 Å². The molecule has 1 amide bonds. The van der Waals surface area contributed by atoms with Gasteiger partial charge in [-0.2, -0.15) is 5.26 Å². The number of rotatable bonds is 3. The molecule has 1 aliphatic rings. The number of nitrogens with one attached hydrogen (secondary N) is 2. The molecule has 94 valence electrons. The second kappa shape index (κ2) is 6.18. The van der Waals surface area contributed by atoms with Gasteiger partial charge in [0.25, 0.3) is 0 Å².